The van der Waals surface area contributed by atoms with Crippen molar-refractivity contribution in [1.29, 1.82) is 0 Å². The summed E-state index contributed by atoms with van der Waals surface area (Å²) in [7, 11) is 14.0. The van der Waals surface area contributed by atoms with Crippen LogP contribution in [-0.4, -0.2) is 22.1 Å². The predicted molar refractivity (Wildman–Crippen MR) is 152 cm³/mol. The monoisotopic (exact) mass is 691 g/mol. The molecule has 4 aliphatic carbocycles. The van der Waals surface area contributed by atoms with Crippen molar-refractivity contribution < 1.29 is 15.3 Å². The third-order valence-electron chi connectivity index (χ3n) is 9.03. The fourth-order valence-corrected chi connectivity index (χ4v) is 74.0. The molecular formula is C26H45Cl2HfSi3. The Hall–Kier alpha value is 1.06. The maximum absolute atomic E-state index is 8.52. The summed E-state index contributed by atoms with van der Waals surface area (Å²) in [4.78, 5) is 0. The van der Waals surface area contributed by atoms with Crippen LogP contribution in [0.2, 0.25) is 59.7 Å². The van der Waals surface area contributed by atoms with Gasteiger partial charge in [-0.2, -0.15) is 0 Å². The van der Waals surface area contributed by atoms with Crippen LogP contribution in [0.1, 0.15) is 51.4 Å². The van der Waals surface area contributed by atoms with E-state index >= 15 is 0 Å². The van der Waals surface area contributed by atoms with Gasteiger partial charge in [0.25, 0.3) is 0 Å². The van der Waals surface area contributed by atoms with Crippen LogP contribution in [0.5, 0.6) is 0 Å². The Morgan fingerprint density at radius 2 is 1.03 bits per heavy atom. The SMILES string of the molecule is C[SiH](C)[Hf]([Cl])([Cl])([CH]1C([Si](C)(C)C)=CC2=C1CCCC2)[CH]1C([Si](C)(C)C)=CC2=C1CCCC2. The first kappa shape index (κ1) is 26.1. The average Bonchev–Trinajstić information content (AvgIpc) is 3.28. The van der Waals surface area contributed by atoms with Crippen LogP contribution in [0.3, 0.4) is 0 Å². The van der Waals surface area contributed by atoms with E-state index in [-0.39, 0.29) is 0 Å². The predicted octanol–water partition coefficient (Wildman–Crippen LogP) is 9.92. The summed E-state index contributed by atoms with van der Waals surface area (Å²) in [5.41, 5.74) is 6.78. The molecule has 0 saturated carbocycles. The second-order valence-corrected chi connectivity index (χ2v) is 82.9. The molecule has 0 spiro atoms. The van der Waals surface area contributed by atoms with E-state index in [1.165, 1.54) is 51.4 Å². The van der Waals surface area contributed by atoms with Gasteiger partial charge in [-0.1, -0.05) is 0 Å². The minimum absolute atomic E-state index is 0.447. The van der Waals surface area contributed by atoms with E-state index in [1.54, 1.807) is 32.7 Å². The van der Waals surface area contributed by atoms with Gasteiger partial charge >= 0.3 is 211 Å². The molecule has 0 aromatic carbocycles. The van der Waals surface area contributed by atoms with Crippen LogP contribution in [0, 0.1) is 0 Å². The van der Waals surface area contributed by atoms with E-state index in [0.29, 0.717) is 7.35 Å². The van der Waals surface area contributed by atoms with E-state index in [1.807, 2.05) is 0 Å². The van der Waals surface area contributed by atoms with Gasteiger partial charge in [0.2, 0.25) is 0 Å². The Balaban J connectivity index is 1.99. The maximum atomic E-state index is 8.52. The molecule has 0 N–H and O–H groups in total. The van der Waals surface area contributed by atoms with Gasteiger partial charge in [0, 0.05) is 0 Å². The Kier molecular flexibility index (Phi) is 7.00. The summed E-state index contributed by atoms with van der Waals surface area (Å²) in [6, 6.07) is 0. The van der Waals surface area contributed by atoms with Crippen molar-refractivity contribution in [2.75, 3.05) is 0 Å². The molecule has 4 aliphatic rings. The van der Waals surface area contributed by atoms with Gasteiger partial charge in [-0.25, -0.2) is 0 Å². The first-order valence-electron chi connectivity index (χ1n) is 13.1. The van der Waals surface area contributed by atoms with E-state index in [9.17, 15) is 0 Å². The Labute approximate surface area is 208 Å². The summed E-state index contributed by atoms with van der Waals surface area (Å²) in [6.45, 7) is 20.4. The first-order chi connectivity index (χ1) is 14.7. The molecule has 6 heteroatoms. The van der Waals surface area contributed by atoms with Crippen LogP contribution < -0.4 is 0 Å². The summed E-state index contributed by atoms with van der Waals surface area (Å²) < 4.78 is 0.894. The number of hydrogen-bond acceptors (Lipinski definition) is 0. The van der Waals surface area contributed by atoms with Gasteiger partial charge in [0.1, 0.15) is 0 Å². The Morgan fingerprint density at radius 1 is 0.688 bits per heavy atom. The molecule has 32 heavy (non-hydrogen) atoms. The van der Waals surface area contributed by atoms with E-state index < -0.39 is 37.4 Å². The van der Waals surface area contributed by atoms with Crippen molar-refractivity contribution in [3.8, 4) is 0 Å². The molecule has 2 atom stereocenters. The van der Waals surface area contributed by atoms with Gasteiger partial charge in [0.05, 0.1) is 0 Å². The third-order valence-corrected chi connectivity index (χ3v) is 88.1. The zero-order chi connectivity index (χ0) is 23.7. The average molecular weight is 691 g/mol. The molecule has 0 bridgehead atoms. The summed E-state index contributed by atoms with van der Waals surface area (Å²) in [5.74, 6) is -1.33. The van der Waals surface area contributed by atoms with Gasteiger partial charge in [-0.15, -0.1) is 0 Å². The quantitative estimate of drug-likeness (QED) is 0.252. The molecule has 0 aliphatic heterocycles. The van der Waals surface area contributed by atoms with Crippen LogP contribution in [0.15, 0.2) is 44.8 Å². The van der Waals surface area contributed by atoms with Crippen molar-refractivity contribution in [3.63, 3.8) is 0 Å². The zero-order valence-corrected chi connectivity index (χ0v) is 30.1. The zero-order valence-electron chi connectivity index (χ0n) is 21.8. The van der Waals surface area contributed by atoms with Crippen LogP contribution in [0.25, 0.3) is 0 Å². The Bertz CT molecular complexity index is 871. The molecule has 4 rings (SSSR count). The van der Waals surface area contributed by atoms with E-state index in [4.69, 9.17) is 17.2 Å². The summed E-state index contributed by atoms with van der Waals surface area (Å²) in [5, 5.41) is 3.48. The molecule has 0 aromatic rings. The van der Waals surface area contributed by atoms with Gasteiger partial charge in [0.15, 0.2) is 0 Å². The first-order valence-corrected chi connectivity index (χ1v) is 42.3. The molecule has 179 valence electrons. The summed E-state index contributed by atoms with van der Waals surface area (Å²) >= 11 is -4.52. The second kappa shape index (κ2) is 8.57. The molecular weight excluding hydrogens is 646 g/mol. The molecule has 0 fully saturated rings. The van der Waals surface area contributed by atoms with Gasteiger partial charge in [-0.05, 0) is 0 Å². The molecule has 0 radical (unpaired) electrons. The van der Waals surface area contributed by atoms with E-state index in [2.05, 4.69) is 64.5 Å². The molecule has 0 heterocycles. The topological polar surface area (TPSA) is 0 Å². The second-order valence-electron chi connectivity index (χ2n) is 13.5. The molecule has 0 saturated heterocycles. The van der Waals surface area contributed by atoms with Gasteiger partial charge < -0.3 is 0 Å². The molecule has 2 unspecified atom stereocenters. The Morgan fingerprint density at radius 3 is 1.34 bits per heavy atom. The fourth-order valence-electron chi connectivity index (χ4n) is 7.20. The van der Waals surface area contributed by atoms with E-state index in [0.717, 1.165) is 0 Å². The third kappa shape index (κ3) is 4.07. The number of rotatable bonds is 5. The van der Waals surface area contributed by atoms with Crippen molar-refractivity contribution in [2.24, 2.45) is 0 Å². The summed E-state index contributed by atoms with van der Waals surface area (Å²) in [6.07, 6.45) is 15.7. The minimum atomic E-state index is -4.52. The normalized spacial score (nSPS) is 28.4. The van der Waals surface area contributed by atoms with Crippen LogP contribution in [0.4, 0.5) is 0 Å². The number of hydrogen-bond donors (Lipinski definition) is 0. The van der Waals surface area contributed by atoms with Crippen molar-refractivity contribution >= 4 is 39.3 Å². The molecule has 0 amide bonds. The van der Waals surface area contributed by atoms with Gasteiger partial charge in [-0.3, -0.25) is 0 Å². The van der Waals surface area contributed by atoms with Crippen molar-refractivity contribution in [3.05, 3.63) is 44.8 Å². The number of allylic oxidation sites excluding steroid dienone is 8. The van der Waals surface area contributed by atoms with Crippen molar-refractivity contribution in [2.45, 2.75) is 111 Å². The van der Waals surface area contributed by atoms with Crippen LogP contribution in [-0.2, 0) is 15.3 Å². The molecule has 0 aromatic heterocycles. The van der Waals surface area contributed by atoms with Crippen molar-refractivity contribution in [1.82, 2.24) is 0 Å². The fraction of sp³-hybridized carbons (Fsp3) is 0.692. The van der Waals surface area contributed by atoms with Crippen LogP contribution >= 0.6 is 17.2 Å². The standard InChI is InChI=1S/2C12H19Si.C2H7Si.2ClH.Hf/c2*1-13(2,3)12-8-10-6-4-5-7-11(10)9-12;1-3-2;;;/h2*8-9H,4-7H2,1-3H3;3H,1-2H3;2*1H;/q;;;;;+2/p-2. The number of halogens is 2. The molecule has 0 nitrogen and oxygen atoms in total.